The van der Waals surface area contributed by atoms with Crippen LogP contribution < -0.4 is 10.6 Å². The van der Waals surface area contributed by atoms with Gasteiger partial charge in [0.05, 0.1) is 12.1 Å². The fourth-order valence-corrected chi connectivity index (χ4v) is 3.32. The molecule has 2 aromatic rings. The Morgan fingerprint density at radius 3 is 2.80 bits per heavy atom. The van der Waals surface area contributed by atoms with Crippen molar-refractivity contribution >= 4 is 46.5 Å². The van der Waals surface area contributed by atoms with E-state index in [0.717, 1.165) is 0 Å². The number of methoxy groups -OCH3 is 1. The molecule has 0 saturated carbocycles. The smallest absolute Gasteiger partial charge is 0.317 e. The summed E-state index contributed by atoms with van der Waals surface area (Å²) in [6, 6.07) is 8.07. The van der Waals surface area contributed by atoms with Gasteiger partial charge in [0.1, 0.15) is 23.5 Å². The van der Waals surface area contributed by atoms with Gasteiger partial charge in [0.25, 0.3) is 0 Å². The first-order valence-electron chi connectivity index (χ1n) is 7.30. The molecule has 2 atom stereocenters. The maximum atomic E-state index is 12.2. The van der Waals surface area contributed by atoms with Gasteiger partial charge < -0.3 is 19.8 Å². The molecule has 0 amide bonds. The van der Waals surface area contributed by atoms with Crippen molar-refractivity contribution in [1.29, 1.82) is 0 Å². The Bertz CT molecular complexity index is 865. The number of thiocarbonyl (C=S) groups is 1. The van der Waals surface area contributed by atoms with E-state index in [1.807, 2.05) is 0 Å². The highest BCUT2D eigenvalue weighted by Crippen LogP contribution is 2.36. The molecule has 0 aliphatic carbocycles. The minimum Gasteiger partial charge on any atom is -0.468 e. The number of ether oxygens (including phenoxy) is 1. The van der Waals surface area contributed by atoms with Gasteiger partial charge in [-0.05, 0) is 42.5 Å². The molecule has 2 heterocycles. The van der Waals surface area contributed by atoms with Gasteiger partial charge in [-0.1, -0.05) is 29.8 Å². The van der Waals surface area contributed by atoms with Crippen LogP contribution in [0.4, 0.5) is 0 Å². The first-order chi connectivity index (χ1) is 11.9. The fraction of sp³-hybridized carbons (Fsp3) is 0.176. The lowest BCUT2D eigenvalue weighted by Gasteiger charge is -2.33. The minimum absolute atomic E-state index is 0.355. The van der Waals surface area contributed by atoms with Crippen molar-refractivity contribution in [2.75, 3.05) is 7.11 Å². The van der Waals surface area contributed by atoms with Crippen LogP contribution in [0.3, 0.4) is 0 Å². The van der Waals surface area contributed by atoms with Crippen LogP contribution in [0.25, 0.3) is 11.3 Å². The van der Waals surface area contributed by atoms with Crippen molar-refractivity contribution in [3.8, 4) is 11.3 Å². The maximum Gasteiger partial charge on any atom is 0.317 e. The van der Waals surface area contributed by atoms with Gasteiger partial charge in [-0.2, -0.15) is 0 Å². The van der Waals surface area contributed by atoms with E-state index in [9.17, 15) is 4.79 Å². The van der Waals surface area contributed by atoms with Crippen LogP contribution in [0.15, 0.2) is 47.0 Å². The van der Waals surface area contributed by atoms with Crippen molar-refractivity contribution in [2.45, 2.75) is 6.04 Å². The maximum absolute atomic E-state index is 12.2. The molecule has 3 rings (SSSR count). The molecule has 1 aliphatic rings. The Balaban J connectivity index is 1.99. The second kappa shape index (κ2) is 7.07. The number of carbonyl (C=O) groups excluding carboxylic acids is 1. The lowest BCUT2D eigenvalue weighted by molar-refractivity contribution is -0.145. The van der Waals surface area contributed by atoms with Crippen LogP contribution >= 0.6 is 35.4 Å². The summed E-state index contributed by atoms with van der Waals surface area (Å²) in [7, 11) is 1.32. The van der Waals surface area contributed by atoms with Crippen molar-refractivity contribution in [3.63, 3.8) is 0 Å². The summed E-state index contributed by atoms with van der Waals surface area (Å²) >= 11 is 17.4. The lowest BCUT2D eigenvalue weighted by Crippen LogP contribution is -2.50. The fourth-order valence-electron chi connectivity index (χ4n) is 2.68. The zero-order chi connectivity index (χ0) is 18.1. The average molecular weight is 397 g/mol. The van der Waals surface area contributed by atoms with Gasteiger partial charge in [-0.15, -0.1) is 0 Å². The number of carbonyl (C=O) groups is 1. The van der Waals surface area contributed by atoms with E-state index in [1.54, 1.807) is 30.3 Å². The summed E-state index contributed by atoms with van der Waals surface area (Å²) in [6.07, 6.45) is 0. The predicted molar refractivity (Wildman–Crippen MR) is 100 cm³/mol. The molecule has 25 heavy (non-hydrogen) atoms. The summed E-state index contributed by atoms with van der Waals surface area (Å²) < 4.78 is 10.8. The predicted octanol–water partition coefficient (Wildman–Crippen LogP) is 4.08. The number of furan rings is 1. The van der Waals surface area contributed by atoms with E-state index in [4.69, 9.17) is 44.6 Å². The van der Waals surface area contributed by atoms with Gasteiger partial charge in [0.2, 0.25) is 0 Å². The van der Waals surface area contributed by atoms with E-state index in [1.165, 1.54) is 7.11 Å². The number of rotatable bonds is 3. The zero-order valence-corrected chi connectivity index (χ0v) is 15.5. The lowest BCUT2D eigenvalue weighted by atomic mass is 9.93. The highest BCUT2D eigenvalue weighted by atomic mass is 35.5. The molecule has 1 fully saturated rings. The van der Waals surface area contributed by atoms with Crippen molar-refractivity contribution < 1.29 is 13.9 Å². The number of hydrogen-bond acceptors (Lipinski definition) is 4. The molecule has 0 bridgehead atoms. The summed E-state index contributed by atoms with van der Waals surface area (Å²) in [6.45, 7) is 3.86. The zero-order valence-electron chi connectivity index (χ0n) is 13.1. The molecule has 1 aromatic carbocycles. The molecule has 2 N–H and O–H groups in total. The Morgan fingerprint density at radius 1 is 1.32 bits per heavy atom. The van der Waals surface area contributed by atoms with Crippen molar-refractivity contribution in [3.05, 3.63) is 58.4 Å². The van der Waals surface area contributed by atoms with Gasteiger partial charge in [0.15, 0.2) is 5.11 Å². The Kier molecular flexibility index (Phi) is 5.03. The average Bonchev–Trinajstić information content (AvgIpc) is 3.05. The molecule has 0 radical (unpaired) electrons. The Labute approximate surface area is 159 Å². The standard InChI is InChI=1S/C17H14Cl2N2O3S/c1-8-14(16(22)23-2)15(21-17(25)20-8)13-6-5-12(24-13)10-7-9(18)3-4-11(10)19/h3-7,14-15H,1H2,2H3,(H2,20,21,25)/t14-,15+/m0/s1. The van der Waals surface area contributed by atoms with E-state index in [-0.39, 0.29) is 0 Å². The molecular formula is C17H14Cl2N2O3S. The number of esters is 1. The van der Waals surface area contributed by atoms with Crippen molar-refractivity contribution in [1.82, 2.24) is 10.6 Å². The molecule has 1 saturated heterocycles. The third-order valence-electron chi connectivity index (χ3n) is 3.85. The SMILES string of the molecule is C=C1NC(=S)N[C@H](c2ccc(-c3cc(Cl)ccc3Cl)o2)[C@H]1C(=O)OC. The number of nitrogens with one attached hydrogen (secondary N) is 2. The van der Waals surface area contributed by atoms with Gasteiger partial charge >= 0.3 is 5.97 Å². The van der Waals surface area contributed by atoms with E-state index in [0.29, 0.717) is 37.9 Å². The molecule has 130 valence electrons. The van der Waals surface area contributed by atoms with Crippen LogP contribution in [0, 0.1) is 5.92 Å². The second-order valence-electron chi connectivity index (χ2n) is 5.43. The molecule has 0 unspecified atom stereocenters. The monoisotopic (exact) mass is 396 g/mol. The van der Waals surface area contributed by atoms with E-state index in [2.05, 4.69) is 17.2 Å². The largest absolute Gasteiger partial charge is 0.468 e. The minimum atomic E-state index is -0.689. The summed E-state index contributed by atoms with van der Waals surface area (Å²) in [5.41, 5.74) is 1.10. The van der Waals surface area contributed by atoms with Crippen LogP contribution in [0.1, 0.15) is 11.8 Å². The quantitative estimate of drug-likeness (QED) is 0.601. The van der Waals surface area contributed by atoms with Crippen LogP contribution in [0.2, 0.25) is 10.0 Å². The van der Waals surface area contributed by atoms with Crippen LogP contribution in [0.5, 0.6) is 0 Å². The van der Waals surface area contributed by atoms with Gasteiger partial charge in [-0.25, -0.2) is 0 Å². The summed E-state index contributed by atoms with van der Waals surface area (Å²) in [5.74, 6) is -0.101. The highest BCUT2D eigenvalue weighted by Gasteiger charge is 2.39. The first-order valence-corrected chi connectivity index (χ1v) is 8.46. The van der Waals surface area contributed by atoms with Gasteiger partial charge in [-0.3, -0.25) is 4.79 Å². The Hall–Kier alpha value is -2.02. The highest BCUT2D eigenvalue weighted by molar-refractivity contribution is 7.80. The topological polar surface area (TPSA) is 63.5 Å². The molecule has 1 aromatic heterocycles. The van der Waals surface area contributed by atoms with Crippen LogP contribution in [-0.4, -0.2) is 18.2 Å². The van der Waals surface area contributed by atoms with Crippen LogP contribution in [-0.2, 0) is 9.53 Å². The van der Waals surface area contributed by atoms with Gasteiger partial charge in [0, 0.05) is 16.3 Å². The molecule has 8 heteroatoms. The Morgan fingerprint density at radius 2 is 2.08 bits per heavy atom. The third-order valence-corrected chi connectivity index (χ3v) is 4.64. The van der Waals surface area contributed by atoms with E-state index >= 15 is 0 Å². The summed E-state index contributed by atoms with van der Waals surface area (Å²) in [5, 5.41) is 7.27. The normalized spacial score (nSPS) is 20.0. The molecular weight excluding hydrogens is 383 g/mol. The van der Waals surface area contributed by atoms with Crippen molar-refractivity contribution in [2.24, 2.45) is 5.92 Å². The summed E-state index contributed by atoms with van der Waals surface area (Å²) in [4.78, 5) is 12.2. The number of benzene rings is 1. The molecule has 1 aliphatic heterocycles. The second-order valence-corrected chi connectivity index (χ2v) is 6.68. The number of halogens is 2. The first kappa shape index (κ1) is 17.8. The molecule has 5 nitrogen and oxygen atoms in total. The third kappa shape index (κ3) is 3.51. The molecule has 0 spiro atoms. The number of hydrogen-bond donors (Lipinski definition) is 2. The van der Waals surface area contributed by atoms with E-state index < -0.39 is 17.9 Å².